The summed E-state index contributed by atoms with van der Waals surface area (Å²) in [5, 5.41) is 18.5. The molecule has 8 nitrogen and oxygen atoms in total. The lowest BCUT2D eigenvalue weighted by Gasteiger charge is -2.21. The number of nitrogens with zero attached hydrogens (tertiary/aromatic N) is 6. The van der Waals surface area contributed by atoms with Gasteiger partial charge in [0.15, 0.2) is 5.65 Å². The van der Waals surface area contributed by atoms with Crippen molar-refractivity contribution in [1.29, 1.82) is 0 Å². The van der Waals surface area contributed by atoms with E-state index >= 15 is 0 Å². The van der Waals surface area contributed by atoms with Crippen LogP contribution in [0.2, 0.25) is 0 Å². The maximum absolute atomic E-state index is 12.3. The number of carbonyl (C=O) groups excluding carboxylic acids is 1. The molecule has 0 aliphatic heterocycles. The van der Waals surface area contributed by atoms with Gasteiger partial charge in [0.1, 0.15) is 20.4 Å². The molecule has 3 aromatic heterocycles. The van der Waals surface area contributed by atoms with E-state index in [1.165, 1.54) is 0 Å². The Balaban J connectivity index is 1.42. The summed E-state index contributed by atoms with van der Waals surface area (Å²) >= 11 is 5.12. The summed E-state index contributed by atoms with van der Waals surface area (Å²) in [7, 11) is 1.71. The molecule has 1 aliphatic carbocycles. The Labute approximate surface area is 204 Å². The standard InChI is InChI=1S/C23H24BrN7OS/c1-13-28-29-21(33-13)15-4-6-16(7-5-15)31-20-17(19(24)30-31)12-26-18(27-20)10-14-8-9-23(2,11-14)22(32)25-3/h4-7,12,14H,8-11H2,1-3H3,(H,25,32)/t14-,23+/m0/s1. The van der Waals surface area contributed by atoms with Crippen LogP contribution in [-0.2, 0) is 11.2 Å². The molecule has 33 heavy (non-hydrogen) atoms. The highest BCUT2D eigenvalue weighted by Gasteiger charge is 2.40. The Kier molecular flexibility index (Phi) is 5.74. The van der Waals surface area contributed by atoms with E-state index in [9.17, 15) is 4.79 Å². The number of hydrogen-bond donors (Lipinski definition) is 1. The smallest absolute Gasteiger partial charge is 0.225 e. The third-order valence-electron chi connectivity index (χ3n) is 6.40. The quantitative estimate of drug-likeness (QED) is 0.411. The third kappa shape index (κ3) is 4.17. The van der Waals surface area contributed by atoms with Gasteiger partial charge in [-0.15, -0.1) is 10.2 Å². The first-order chi connectivity index (χ1) is 15.9. The van der Waals surface area contributed by atoms with Crippen molar-refractivity contribution in [2.75, 3.05) is 7.05 Å². The number of hydrogen-bond acceptors (Lipinski definition) is 7. The molecule has 0 bridgehead atoms. The van der Waals surface area contributed by atoms with Crippen molar-refractivity contribution < 1.29 is 4.79 Å². The number of halogens is 1. The second-order valence-corrected chi connectivity index (χ2v) is 10.8. The molecular weight excluding hydrogens is 502 g/mol. The number of amides is 1. The average Bonchev–Trinajstić information content (AvgIpc) is 3.51. The van der Waals surface area contributed by atoms with E-state index in [2.05, 4.69) is 48.5 Å². The van der Waals surface area contributed by atoms with Gasteiger partial charge in [0.2, 0.25) is 5.91 Å². The zero-order chi connectivity index (χ0) is 23.2. The van der Waals surface area contributed by atoms with Gasteiger partial charge in [-0.3, -0.25) is 4.79 Å². The van der Waals surface area contributed by atoms with Gasteiger partial charge in [-0.2, -0.15) is 5.10 Å². The van der Waals surface area contributed by atoms with E-state index < -0.39 is 0 Å². The van der Waals surface area contributed by atoms with Crippen molar-refractivity contribution in [2.45, 2.75) is 39.5 Å². The molecule has 4 aromatic rings. The van der Waals surface area contributed by atoms with Crippen LogP contribution in [0.15, 0.2) is 35.1 Å². The Hall–Kier alpha value is -2.72. The SMILES string of the molecule is CNC(=O)[C@]1(C)CC[C@@H](Cc2ncc3c(Br)nn(-c4ccc(-c5nnc(C)s5)cc4)c3n2)C1. The molecule has 1 N–H and O–H groups in total. The highest BCUT2D eigenvalue weighted by atomic mass is 79.9. The molecule has 1 fully saturated rings. The van der Waals surface area contributed by atoms with Crippen LogP contribution in [0.1, 0.15) is 37.0 Å². The van der Waals surface area contributed by atoms with Gasteiger partial charge in [-0.05, 0) is 72.3 Å². The molecule has 0 spiro atoms. The van der Waals surface area contributed by atoms with Crippen LogP contribution in [0.25, 0.3) is 27.3 Å². The Morgan fingerprint density at radius 3 is 2.79 bits per heavy atom. The second kappa shape index (κ2) is 8.57. The molecule has 1 saturated carbocycles. The number of carbonyl (C=O) groups is 1. The highest BCUT2D eigenvalue weighted by Crippen LogP contribution is 2.42. The maximum Gasteiger partial charge on any atom is 0.225 e. The molecule has 3 heterocycles. The maximum atomic E-state index is 12.3. The molecule has 0 radical (unpaired) electrons. The van der Waals surface area contributed by atoms with Crippen molar-refractivity contribution in [1.82, 2.24) is 35.3 Å². The van der Waals surface area contributed by atoms with Gasteiger partial charge >= 0.3 is 0 Å². The average molecular weight is 526 g/mol. The Morgan fingerprint density at radius 1 is 1.30 bits per heavy atom. The molecule has 1 aromatic carbocycles. The number of nitrogens with one attached hydrogen (secondary N) is 1. The summed E-state index contributed by atoms with van der Waals surface area (Å²) in [4.78, 5) is 21.7. The molecule has 1 amide bonds. The lowest BCUT2D eigenvalue weighted by molar-refractivity contribution is -0.129. The molecule has 5 rings (SSSR count). The zero-order valence-electron chi connectivity index (χ0n) is 18.7. The zero-order valence-corrected chi connectivity index (χ0v) is 21.1. The lowest BCUT2D eigenvalue weighted by atomic mass is 9.86. The minimum atomic E-state index is -0.304. The fourth-order valence-corrected chi connectivity index (χ4v) is 5.78. The monoisotopic (exact) mass is 525 g/mol. The lowest BCUT2D eigenvalue weighted by Crippen LogP contribution is -2.35. The van der Waals surface area contributed by atoms with Crippen LogP contribution >= 0.6 is 27.3 Å². The topological polar surface area (TPSA) is 98.5 Å². The molecule has 2 atom stereocenters. The van der Waals surface area contributed by atoms with Crippen molar-refractivity contribution in [3.63, 3.8) is 0 Å². The van der Waals surface area contributed by atoms with E-state index in [4.69, 9.17) is 4.98 Å². The van der Waals surface area contributed by atoms with E-state index in [1.807, 2.05) is 42.1 Å². The van der Waals surface area contributed by atoms with Crippen LogP contribution in [0.4, 0.5) is 0 Å². The van der Waals surface area contributed by atoms with Crippen LogP contribution < -0.4 is 5.32 Å². The minimum Gasteiger partial charge on any atom is -0.359 e. The van der Waals surface area contributed by atoms with E-state index in [0.29, 0.717) is 10.5 Å². The predicted molar refractivity (Wildman–Crippen MR) is 131 cm³/mol. The van der Waals surface area contributed by atoms with Gasteiger partial charge in [-0.25, -0.2) is 14.6 Å². The van der Waals surface area contributed by atoms with Crippen LogP contribution in [0.5, 0.6) is 0 Å². The molecule has 10 heteroatoms. The number of benzene rings is 1. The van der Waals surface area contributed by atoms with E-state index in [1.54, 1.807) is 18.4 Å². The molecule has 1 aliphatic rings. The van der Waals surface area contributed by atoms with E-state index in [0.717, 1.165) is 63.8 Å². The second-order valence-electron chi connectivity index (χ2n) is 8.85. The van der Waals surface area contributed by atoms with Crippen molar-refractivity contribution in [3.8, 4) is 16.3 Å². The summed E-state index contributed by atoms with van der Waals surface area (Å²) in [6.07, 6.45) is 5.32. The molecule has 170 valence electrons. The van der Waals surface area contributed by atoms with Gasteiger partial charge in [-0.1, -0.05) is 18.3 Å². The highest BCUT2D eigenvalue weighted by molar-refractivity contribution is 9.10. The number of rotatable bonds is 5. The van der Waals surface area contributed by atoms with Crippen molar-refractivity contribution in [3.05, 3.63) is 45.9 Å². The van der Waals surface area contributed by atoms with Crippen molar-refractivity contribution >= 4 is 44.2 Å². The largest absolute Gasteiger partial charge is 0.359 e. The van der Waals surface area contributed by atoms with Crippen LogP contribution in [-0.4, -0.2) is 42.9 Å². The van der Waals surface area contributed by atoms with Crippen molar-refractivity contribution in [2.24, 2.45) is 11.3 Å². The summed E-state index contributed by atoms with van der Waals surface area (Å²) in [6.45, 7) is 4.00. The normalized spacial score (nSPS) is 20.4. The fourth-order valence-electron chi connectivity index (χ4n) is 4.65. The van der Waals surface area contributed by atoms with Crippen LogP contribution in [0, 0.1) is 18.3 Å². The van der Waals surface area contributed by atoms with E-state index in [-0.39, 0.29) is 11.3 Å². The fraction of sp³-hybridized carbons (Fsp3) is 0.391. The van der Waals surface area contributed by atoms with Gasteiger partial charge in [0, 0.05) is 30.6 Å². The number of fused-ring (bicyclic) bond motifs is 1. The third-order valence-corrected chi connectivity index (χ3v) is 7.88. The first-order valence-electron chi connectivity index (χ1n) is 10.9. The Morgan fingerprint density at radius 2 is 2.09 bits per heavy atom. The molecule has 0 unspecified atom stereocenters. The summed E-state index contributed by atoms with van der Waals surface area (Å²) in [6, 6.07) is 8.07. The Bertz CT molecular complexity index is 1330. The molecule has 0 saturated heterocycles. The first kappa shape index (κ1) is 22.1. The predicted octanol–water partition coefficient (Wildman–Crippen LogP) is 4.50. The summed E-state index contributed by atoms with van der Waals surface area (Å²) in [5.41, 5.74) is 2.39. The van der Waals surface area contributed by atoms with Gasteiger partial charge in [0.25, 0.3) is 0 Å². The summed E-state index contributed by atoms with van der Waals surface area (Å²) in [5.74, 6) is 1.29. The number of aromatic nitrogens is 6. The van der Waals surface area contributed by atoms with Gasteiger partial charge < -0.3 is 5.32 Å². The molecular formula is C23H24BrN7OS. The van der Waals surface area contributed by atoms with Gasteiger partial charge in [0.05, 0.1) is 11.1 Å². The van der Waals surface area contributed by atoms with Crippen LogP contribution in [0.3, 0.4) is 0 Å². The minimum absolute atomic E-state index is 0.121. The summed E-state index contributed by atoms with van der Waals surface area (Å²) < 4.78 is 2.55. The first-order valence-corrected chi connectivity index (χ1v) is 12.5. The number of aryl methyl sites for hydroxylation is 1.